The van der Waals surface area contributed by atoms with Crippen LogP contribution in [0.3, 0.4) is 0 Å². The lowest BCUT2D eigenvalue weighted by Crippen LogP contribution is -2.60. The third-order valence-corrected chi connectivity index (χ3v) is 3.58. The van der Waals surface area contributed by atoms with Gasteiger partial charge in [-0.05, 0) is 31.9 Å². The molecule has 0 heterocycles. The Morgan fingerprint density at radius 3 is 1.96 bits per heavy atom. The summed E-state index contributed by atoms with van der Waals surface area (Å²) in [5.41, 5.74) is -0.0793. The predicted molar refractivity (Wildman–Crippen MR) is 94.5 cm³/mol. The van der Waals surface area contributed by atoms with Crippen molar-refractivity contribution in [2.75, 3.05) is 13.2 Å². The van der Waals surface area contributed by atoms with Crippen LogP contribution < -0.4 is 5.32 Å². The molecule has 1 aromatic rings. The molecule has 25 heavy (non-hydrogen) atoms. The third kappa shape index (κ3) is 5.45. The Hall–Kier alpha value is -2.63. The summed E-state index contributed by atoms with van der Waals surface area (Å²) in [4.78, 5) is 36.6. The monoisotopic (exact) mass is 347 g/mol. The lowest BCUT2D eigenvalue weighted by molar-refractivity contribution is -0.167. The summed E-state index contributed by atoms with van der Waals surface area (Å²) in [6.45, 7) is 6.53. The maximum atomic E-state index is 12.5. The second kappa shape index (κ2) is 9.61. The van der Waals surface area contributed by atoms with Gasteiger partial charge in [0.1, 0.15) is 0 Å². The summed E-state index contributed by atoms with van der Waals surface area (Å²) in [5.74, 6) is -2.19. The van der Waals surface area contributed by atoms with Crippen molar-refractivity contribution in [3.63, 3.8) is 0 Å². The van der Waals surface area contributed by atoms with Gasteiger partial charge in [-0.15, -0.1) is 0 Å². The van der Waals surface area contributed by atoms with Gasteiger partial charge in [0.2, 0.25) is 11.4 Å². The number of hydrogen-bond donors (Lipinski definition) is 1. The molecule has 0 aliphatic rings. The van der Waals surface area contributed by atoms with Crippen molar-refractivity contribution in [1.29, 1.82) is 0 Å². The number of carbonyl (C=O) groups excluding carboxylic acids is 3. The number of amides is 1. The standard InChI is InChI=1S/C19H25NO5/c1-5-24-17(22)19(20-15(4)21,18(23)25-6-2)13-12-14(3)16-10-8-7-9-11-16/h7-12H,5-6,13H2,1-4H3,(H,20,21)/b14-12-. The van der Waals surface area contributed by atoms with Crippen LogP contribution in [0.15, 0.2) is 36.4 Å². The number of allylic oxidation sites excluding steroid dienone is 1. The first-order valence-corrected chi connectivity index (χ1v) is 8.22. The van der Waals surface area contributed by atoms with Crippen LogP contribution >= 0.6 is 0 Å². The van der Waals surface area contributed by atoms with E-state index in [1.54, 1.807) is 19.9 Å². The number of ether oxygens (including phenoxy) is 2. The Bertz CT molecular complexity index is 618. The van der Waals surface area contributed by atoms with Crippen molar-refractivity contribution in [2.45, 2.75) is 39.7 Å². The minimum absolute atomic E-state index is 0.0645. The Labute approximate surface area is 148 Å². The van der Waals surface area contributed by atoms with E-state index in [9.17, 15) is 14.4 Å². The largest absolute Gasteiger partial charge is 0.464 e. The Kier molecular flexibility index (Phi) is 7.85. The van der Waals surface area contributed by atoms with Crippen LogP contribution in [0, 0.1) is 0 Å². The molecule has 0 aliphatic heterocycles. The quantitative estimate of drug-likeness (QED) is 0.577. The van der Waals surface area contributed by atoms with Crippen LogP contribution in [0.1, 0.15) is 39.7 Å². The van der Waals surface area contributed by atoms with Gasteiger partial charge in [-0.25, -0.2) is 9.59 Å². The Morgan fingerprint density at radius 2 is 1.52 bits per heavy atom. The number of benzene rings is 1. The predicted octanol–water partition coefficient (Wildman–Crippen LogP) is 2.48. The van der Waals surface area contributed by atoms with E-state index in [0.29, 0.717) is 0 Å². The lowest BCUT2D eigenvalue weighted by Gasteiger charge is -2.28. The average Bonchev–Trinajstić information content (AvgIpc) is 2.59. The van der Waals surface area contributed by atoms with E-state index in [-0.39, 0.29) is 19.6 Å². The summed E-state index contributed by atoms with van der Waals surface area (Å²) in [5, 5.41) is 2.44. The molecule has 0 spiro atoms. The minimum Gasteiger partial charge on any atom is -0.464 e. The highest BCUT2D eigenvalue weighted by Crippen LogP contribution is 2.21. The molecule has 0 radical (unpaired) electrons. The Morgan fingerprint density at radius 1 is 1.00 bits per heavy atom. The van der Waals surface area contributed by atoms with Gasteiger partial charge in [-0.1, -0.05) is 36.4 Å². The highest BCUT2D eigenvalue weighted by atomic mass is 16.6. The van der Waals surface area contributed by atoms with E-state index in [1.807, 2.05) is 37.3 Å². The first-order chi connectivity index (χ1) is 11.9. The molecule has 1 aromatic carbocycles. The highest BCUT2D eigenvalue weighted by Gasteiger charge is 2.49. The molecule has 0 aliphatic carbocycles. The van der Waals surface area contributed by atoms with Crippen LogP contribution in [0.5, 0.6) is 0 Å². The van der Waals surface area contributed by atoms with Crippen LogP contribution in [0.2, 0.25) is 0 Å². The number of nitrogens with one attached hydrogen (secondary N) is 1. The van der Waals surface area contributed by atoms with Gasteiger partial charge in [0.05, 0.1) is 13.2 Å². The van der Waals surface area contributed by atoms with Gasteiger partial charge in [-0.3, -0.25) is 4.79 Å². The number of esters is 2. The normalized spacial score (nSPS) is 11.6. The fourth-order valence-electron chi connectivity index (χ4n) is 2.34. The Balaban J connectivity index is 3.25. The van der Waals surface area contributed by atoms with Gasteiger partial charge >= 0.3 is 11.9 Å². The lowest BCUT2D eigenvalue weighted by atomic mass is 9.92. The molecule has 136 valence electrons. The zero-order valence-electron chi connectivity index (χ0n) is 15.1. The van der Waals surface area contributed by atoms with E-state index in [0.717, 1.165) is 11.1 Å². The SMILES string of the molecule is CCOC(=O)C(C/C=C(/C)c1ccccc1)(NC(C)=O)C(=O)OCC. The van der Waals surface area contributed by atoms with Crippen LogP contribution in [-0.2, 0) is 23.9 Å². The summed E-state index contributed by atoms with van der Waals surface area (Å²) in [7, 11) is 0. The minimum atomic E-state index is -1.89. The summed E-state index contributed by atoms with van der Waals surface area (Å²) in [6.07, 6.45) is 1.66. The summed E-state index contributed by atoms with van der Waals surface area (Å²) < 4.78 is 10.1. The van der Waals surface area contributed by atoms with Crippen LogP contribution in [0.25, 0.3) is 5.57 Å². The van der Waals surface area contributed by atoms with Crippen LogP contribution in [-0.4, -0.2) is 36.6 Å². The second-order valence-corrected chi connectivity index (χ2v) is 5.48. The van der Waals surface area contributed by atoms with Gasteiger partial charge < -0.3 is 14.8 Å². The van der Waals surface area contributed by atoms with Crippen molar-refractivity contribution in [3.05, 3.63) is 42.0 Å². The molecular weight excluding hydrogens is 322 g/mol. The van der Waals surface area contributed by atoms with Crippen molar-refractivity contribution >= 4 is 23.4 Å². The molecule has 0 saturated carbocycles. The van der Waals surface area contributed by atoms with E-state index in [1.165, 1.54) is 6.92 Å². The molecule has 1 amide bonds. The summed E-state index contributed by atoms with van der Waals surface area (Å²) in [6, 6.07) is 9.52. The molecule has 6 heteroatoms. The molecule has 0 atom stereocenters. The molecule has 0 unspecified atom stereocenters. The number of rotatable bonds is 8. The number of carbonyl (C=O) groups is 3. The van der Waals surface area contributed by atoms with E-state index in [2.05, 4.69) is 5.32 Å². The van der Waals surface area contributed by atoms with E-state index >= 15 is 0 Å². The second-order valence-electron chi connectivity index (χ2n) is 5.48. The highest BCUT2D eigenvalue weighted by molar-refractivity contribution is 6.08. The third-order valence-electron chi connectivity index (χ3n) is 3.58. The zero-order valence-corrected chi connectivity index (χ0v) is 15.1. The maximum absolute atomic E-state index is 12.5. The topological polar surface area (TPSA) is 81.7 Å². The summed E-state index contributed by atoms with van der Waals surface area (Å²) >= 11 is 0. The fourth-order valence-corrected chi connectivity index (χ4v) is 2.34. The van der Waals surface area contributed by atoms with Gasteiger partial charge in [-0.2, -0.15) is 0 Å². The molecule has 6 nitrogen and oxygen atoms in total. The van der Waals surface area contributed by atoms with Gasteiger partial charge in [0.15, 0.2) is 0 Å². The van der Waals surface area contributed by atoms with Gasteiger partial charge in [0.25, 0.3) is 0 Å². The molecule has 0 bridgehead atoms. The van der Waals surface area contributed by atoms with Crippen molar-refractivity contribution in [3.8, 4) is 0 Å². The molecule has 0 fully saturated rings. The number of hydrogen-bond acceptors (Lipinski definition) is 5. The average molecular weight is 347 g/mol. The zero-order chi connectivity index (χ0) is 18.9. The first-order valence-electron chi connectivity index (χ1n) is 8.22. The van der Waals surface area contributed by atoms with Gasteiger partial charge in [0, 0.05) is 13.3 Å². The molecule has 0 saturated heterocycles. The molecular formula is C19H25NO5. The molecule has 1 N–H and O–H groups in total. The van der Waals surface area contributed by atoms with Crippen LogP contribution in [0.4, 0.5) is 0 Å². The molecule has 0 aromatic heterocycles. The van der Waals surface area contributed by atoms with Crippen molar-refractivity contribution in [2.24, 2.45) is 0 Å². The van der Waals surface area contributed by atoms with Crippen molar-refractivity contribution < 1.29 is 23.9 Å². The maximum Gasteiger partial charge on any atom is 0.344 e. The first kappa shape index (κ1) is 20.4. The molecule has 1 rings (SSSR count). The van der Waals surface area contributed by atoms with E-state index in [4.69, 9.17) is 9.47 Å². The van der Waals surface area contributed by atoms with E-state index < -0.39 is 23.4 Å². The van der Waals surface area contributed by atoms with Crippen molar-refractivity contribution in [1.82, 2.24) is 5.32 Å². The fraction of sp³-hybridized carbons (Fsp3) is 0.421. The smallest absolute Gasteiger partial charge is 0.344 e.